The zero-order valence-electron chi connectivity index (χ0n) is 29.4. The highest BCUT2D eigenvalue weighted by molar-refractivity contribution is 7.75. The summed E-state index contributed by atoms with van der Waals surface area (Å²) in [6.07, 6.45) is 45.2. The topological polar surface area (TPSA) is 40.1 Å². The van der Waals surface area contributed by atoms with Crippen LogP contribution in [0.15, 0.2) is 0 Å². The van der Waals surface area contributed by atoms with Gasteiger partial charge in [0.05, 0.1) is 24.6 Å². The van der Waals surface area contributed by atoms with Gasteiger partial charge in [0.15, 0.2) is 0 Å². The van der Waals surface area contributed by atoms with Crippen molar-refractivity contribution in [2.24, 2.45) is 0 Å². The molecule has 0 amide bonds. The fraction of sp³-hybridized carbons (Fsp3) is 0.974. The lowest BCUT2D eigenvalue weighted by molar-refractivity contribution is -0.305. The number of unbranched alkanes of at least 4 members (excludes halogenated alkanes) is 22. The van der Waals surface area contributed by atoms with Crippen LogP contribution in [0, 0.1) is 0 Å². The standard InChI is InChI=1S/C32H68P.C6H12O2/c1-5-9-13-17-21-25-29-33(30-26-22-18-14-10-6-2,31-27-23-19-15-11-7-3)32-28-24-20-16-12-8-4;1-2-3-4-5-6(7)8/h5-32H2,1-4H3;2-5H2,1H3,(H,7,8)/q+1;/p-1. The van der Waals surface area contributed by atoms with E-state index in [0.29, 0.717) is 0 Å². The molecule has 0 aliphatic heterocycles. The van der Waals surface area contributed by atoms with Crippen molar-refractivity contribution >= 4 is 13.2 Å². The van der Waals surface area contributed by atoms with E-state index in [1.165, 1.54) is 128 Å². The van der Waals surface area contributed by atoms with Gasteiger partial charge in [0.1, 0.15) is 0 Å². The van der Waals surface area contributed by atoms with E-state index in [2.05, 4.69) is 27.7 Å². The second kappa shape index (κ2) is 36.1. The van der Waals surface area contributed by atoms with Crippen LogP contribution in [0.1, 0.15) is 214 Å². The van der Waals surface area contributed by atoms with Gasteiger partial charge in [-0.15, -0.1) is 0 Å². The van der Waals surface area contributed by atoms with Gasteiger partial charge in [0, 0.05) is 13.2 Å². The first kappa shape index (κ1) is 43.0. The van der Waals surface area contributed by atoms with Gasteiger partial charge in [-0.2, -0.15) is 0 Å². The van der Waals surface area contributed by atoms with Gasteiger partial charge in [0.25, 0.3) is 0 Å². The summed E-state index contributed by atoms with van der Waals surface area (Å²) in [6, 6.07) is 0. The van der Waals surface area contributed by atoms with Gasteiger partial charge in [-0.25, -0.2) is 0 Å². The first-order valence-electron chi connectivity index (χ1n) is 19.1. The number of aliphatic carboxylic acids is 1. The molecule has 0 saturated carbocycles. The van der Waals surface area contributed by atoms with Crippen molar-refractivity contribution in [3.05, 3.63) is 0 Å². The number of carboxylic acid groups (broad SMARTS) is 1. The quantitative estimate of drug-likeness (QED) is 0.0571. The largest absolute Gasteiger partial charge is 0.550 e. The Hall–Kier alpha value is -0.100. The van der Waals surface area contributed by atoms with Crippen LogP contribution >= 0.6 is 7.26 Å². The molecular formula is C38H79O2P. The van der Waals surface area contributed by atoms with Crippen LogP contribution < -0.4 is 5.11 Å². The summed E-state index contributed by atoms with van der Waals surface area (Å²) in [7, 11) is -0.718. The Balaban J connectivity index is 0. The first-order valence-corrected chi connectivity index (χ1v) is 21.6. The van der Waals surface area contributed by atoms with E-state index in [4.69, 9.17) is 0 Å². The van der Waals surface area contributed by atoms with E-state index < -0.39 is 13.2 Å². The van der Waals surface area contributed by atoms with E-state index in [9.17, 15) is 9.90 Å². The van der Waals surface area contributed by atoms with Crippen LogP contribution in [0.4, 0.5) is 0 Å². The molecule has 41 heavy (non-hydrogen) atoms. The molecule has 0 heterocycles. The maximum atomic E-state index is 9.76. The zero-order valence-corrected chi connectivity index (χ0v) is 30.3. The molecule has 0 aromatic heterocycles. The predicted molar refractivity (Wildman–Crippen MR) is 189 cm³/mol. The van der Waals surface area contributed by atoms with E-state index >= 15 is 0 Å². The Morgan fingerprint density at radius 3 is 0.829 bits per heavy atom. The van der Waals surface area contributed by atoms with Gasteiger partial charge in [-0.05, 0) is 64.2 Å². The van der Waals surface area contributed by atoms with Crippen LogP contribution in [0.25, 0.3) is 0 Å². The lowest BCUT2D eigenvalue weighted by Crippen LogP contribution is -2.21. The van der Waals surface area contributed by atoms with Crippen LogP contribution in [0.3, 0.4) is 0 Å². The number of carbonyl (C=O) groups excluding carboxylic acids is 1. The summed E-state index contributed by atoms with van der Waals surface area (Å²) in [5, 5.41) is 9.76. The van der Waals surface area contributed by atoms with E-state index in [1.807, 2.05) is 6.92 Å². The average molecular weight is 599 g/mol. The maximum absolute atomic E-state index is 9.76. The summed E-state index contributed by atoms with van der Waals surface area (Å²) < 4.78 is 0. The molecule has 0 saturated heterocycles. The first-order chi connectivity index (χ1) is 20.0. The Labute approximate surface area is 261 Å². The van der Waals surface area contributed by atoms with Crippen molar-refractivity contribution in [1.29, 1.82) is 0 Å². The molecule has 0 radical (unpaired) electrons. The fourth-order valence-electron chi connectivity index (χ4n) is 6.10. The number of carbonyl (C=O) groups is 1. The highest BCUT2D eigenvalue weighted by Gasteiger charge is 2.34. The van der Waals surface area contributed by atoms with Crippen molar-refractivity contribution in [3.8, 4) is 0 Å². The highest BCUT2D eigenvalue weighted by atomic mass is 31.2. The lowest BCUT2D eigenvalue weighted by atomic mass is 10.1. The number of carboxylic acids is 1. The SMILES string of the molecule is CCCCCC(=O)[O-].CCCCCCCC[P+](CCCCCCCC)(CCCCCCCC)CCCCCCCC. The molecule has 0 fully saturated rings. The molecule has 0 N–H and O–H groups in total. The molecule has 0 atom stereocenters. The molecule has 0 aromatic rings. The van der Waals surface area contributed by atoms with E-state index in [1.54, 1.807) is 50.3 Å². The van der Waals surface area contributed by atoms with E-state index in [-0.39, 0.29) is 6.42 Å². The molecule has 0 rings (SSSR count). The molecule has 2 nitrogen and oxygen atoms in total. The molecule has 0 aromatic carbocycles. The van der Waals surface area contributed by atoms with Crippen LogP contribution in [-0.4, -0.2) is 30.6 Å². The van der Waals surface area contributed by atoms with Gasteiger partial charge in [0.2, 0.25) is 0 Å². The molecule has 0 spiro atoms. The zero-order chi connectivity index (χ0) is 30.7. The molecule has 3 heteroatoms. The van der Waals surface area contributed by atoms with Crippen LogP contribution in [0.5, 0.6) is 0 Å². The Morgan fingerprint density at radius 2 is 0.585 bits per heavy atom. The lowest BCUT2D eigenvalue weighted by Gasteiger charge is -2.28. The fourth-order valence-corrected chi connectivity index (χ4v) is 11.0. The minimum Gasteiger partial charge on any atom is -0.550 e. The molecular weight excluding hydrogens is 519 g/mol. The monoisotopic (exact) mass is 599 g/mol. The third-order valence-electron chi connectivity index (χ3n) is 8.93. The van der Waals surface area contributed by atoms with Gasteiger partial charge < -0.3 is 9.90 Å². The van der Waals surface area contributed by atoms with E-state index in [0.717, 1.165) is 19.3 Å². The van der Waals surface area contributed by atoms with Gasteiger partial charge in [-0.1, -0.05) is 150 Å². The minimum absolute atomic E-state index is 0.216. The Morgan fingerprint density at radius 1 is 0.366 bits per heavy atom. The second-order valence-electron chi connectivity index (χ2n) is 13.1. The smallest absolute Gasteiger partial charge is 0.0594 e. The van der Waals surface area contributed by atoms with Crippen molar-refractivity contribution in [2.75, 3.05) is 24.6 Å². The highest BCUT2D eigenvalue weighted by Crippen LogP contribution is 2.61. The Bertz CT molecular complexity index is 423. The number of hydrogen-bond acceptors (Lipinski definition) is 2. The van der Waals surface area contributed by atoms with Crippen molar-refractivity contribution in [1.82, 2.24) is 0 Å². The molecule has 248 valence electrons. The second-order valence-corrected chi connectivity index (χ2v) is 17.6. The number of hydrogen-bond donors (Lipinski definition) is 0. The van der Waals surface area contributed by atoms with Crippen molar-refractivity contribution in [3.63, 3.8) is 0 Å². The van der Waals surface area contributed by atoms with Crippen molar-refractivity contribution < 1.29 is 9.90 Å². The molecule has 0 aliphatic rings. The third-order valence-corrected chi connectivity index (χ3v) is 14.0. The van der Waals surface area contributed by atoms with Gasteiger partial charge >= 0.3 is 0 Å². The van der Waals surface area contributed by atoms with Crippen molar-refractivity contribution in [2.45, 2.75) is 214 Å². The Kier molecular flexibility index (Phi) is 37.9. The van der Waals surface area contributed by atoms with Crippen LogP contribution in [-0.2, 0) is 4.79 Å². The number of rotatable bonds is 32. The van der Waals surface area contributed by atoms with Gasteiger partial charge in [-0.3, -0.25) is 0 Å². The normalized spacial score (nSPS) is 11.4. The average Bonchev–Trinajstić information content (AvgIpc) is 2.96. The summed E-state index contributed by atoms with van der Waals surface area (Å²) >= 11 is 0. The summed E-state index contributed by atoms with van der Waals surface area (Å²) in [6.45, 7) is 11.4. The summed E-state index contributed by atoms with van der Waals surface area (Å²) in [5.74, 6) is -0.932. The maximum Gasteiger partial charge on any atom is 0.0594 e. The third kappa shape index (κ3) is 34.3. The molecule has 0 bridgehead atoms. The minimum atomic E-state index is -0.932. The molecule has 0 aliphatic carbocycles. The molecule has 0 unspecified atom stereocenters. The predicted octanol–water partition coefficient (Wildman–Crippen LogP) is 12.8. The summed E-state index contributed by atoms with van der Waals surface area (Å²) in [4.78, 5) is 9.76. The summed E-state index contributed by atoms with van der Waals surface area (Å²) in [5.41, 5.74) is 0. The van der Waals surface area contributed by atoms with Crippen LogP contribution in [0.2, 0.25) is 0 Å².